The van der Waals surface area contributed by atoms with Gasteiger partial charge in [-0.15, -0.1) is 0 Å². The maximum atomic E-state index is 6.84. The van der Waals surface area contributed by atoms with Gasteiger partial charge in [-0.05, 0) is 39.3 Å². The first-order valence-corrected chi connectivity index (χ1v) is 20.1. The molecule has 4 rings (SSSR count). The number of morpholine rings is 2. The second kappa shape index (κ2) is 11.8. The minimum atomic E-state index is -1.87. The molecule has 0 unspecified atom stereocenters. The lowest BCUT2D eigenvalue weighted by atomic mass is 9.97. The first-order chi connectivity index (χ1) is 17.1. The number of ether oxygens (including phenoxy) is 2. The Balaban J connectivity index is 1.79. The van der Waals surface area contributed by atoms with Gasteiger partial charge in [-0.25, -0.2) is 0 Å². The number of para-hydroxylation sites is 2. The van der Waals surface area contributed by atoms with Crippen LogP contribution in [0.3, 0.4) is 0 Å². The van der Waals surface area contributed by atoms with Gasteiger partial charge in [0, 0.05) is 61.5 Å². The van der Waals surface area contributed by atoms with Crippen molar-refractivity contribution in [2.75, 3.05) is 52.6 Å². The molecule has 2 heterocycles. The van der Waals surface area contributed by atoms with Crippen LogP contribution in [-0.2, 0) is 22.6 Å². The normalized spacial score (nSPS) is 18.3. The van der Waals surface area contributed by atoms with Crippen LogP contribution in [0.25, 0.3) is 11.1 Å². The number of hydrogen-bond acceptors (Lipinski definition) is 6. The number of rotatable bonds is 9. The Bertz CT molecular complexity index is 926. The van der Waals surface area contributed by atoms with Gasteiger partial charge in [0.15, 0.2) is 0 Å². The monoisotopic (exact) mass is 528 g/mol. The predicted octanol–water partition coefficient (Wildman–Crippen LogP) is 5.45. The van der Waals surface area contributed by atoms with Crippen LogP contribution >= 0.6 is 0 Å². The summed E-state index contributed by atoms with van der Waals surface area (Å²) in [6.45, 7) is 22.3. The van der Waals surface area contributed by atoms with Crippen LogP contribution < -0.4 is 8.85 Å². The highest BCUT2D eigenvalue weighted by atomic mass is 28.4. The first kappa shape index (κ1) is 27.4. The van der Waals surface area contributed by atoms with Crippen LogP contribution in [0, 0.1) is 0 Å². The quantitative estimate of drug-likeness (QED) is 0.404. The molecule has 8 heteroatoms. The number of benzene rings is 2. The second-order valence-corrected chi connectivity index (χ2v) is 20.7. The van der Waals surface area contributed by atoms with Crippen LogP contribution in [0.2, 0.25) is 39.3 Å². The molecule has 0 bridgehead atoms. The van der Waals surface area contributed by atoms with E-state index in [9.17, 15) is 0 Å². The average Bonchev–Trinajstić information content (AvgIpc) is 2.81. The summed E-state index contributed by atoms with van der Waals surface area (Å²) in [7, 11) is -3.74. The molecule has 0 atom stereocenters. The predicted molar refractivity (Wildman–Crippen MR) is 152 cm³/mol. The van der Waals surface area contributed by atoms with E-state index in [0.29, 0.717) is 0 Å². The molecule has 2 aliphatic heterocycles. The average molecular weight is 529 g/mol. The highest BCUT2D eigenvalue weighted by molar-refractivity contribution is 6.71. The highest BCUT2D eigenvalue weighted by Crippen LogP contribution is 2.42. The van der Waals surface area contributed by atoms with Gasteiger partial charge >= 0.3 is 0 Å². The summed E-state index contributed by atoms with van der Waals surface area (Å²) in [5.41, 5.74) is 4.77. The van der Waals surface area contributed by atoms with Crippen molar-refractivity contribution >= 4 is 16.6 Å². The lowest BCUT2D eigenvalue weighted by Crippen LogP contribution is -2.36. The molecule has 2 aromatic rings. The summed E-state index contributed by atoms with van der Waals surface area (Å²) in [5, 5.41) is 0. The Morgan fingerprint density at radius 1 is 0.611 bits per heavy atom. The largest absolute Gasteiger partial charge is 0.544 e. The fourth-order valence-corrected chi connectivity index (χ4v) is 6.40. The molecule has 0 aliphatic carbocycles. The van der Waals surface area contributed by atoms with E-state index in [-0.39, 0.29) is 0 Å². The first-order valence-electron chi connectivity index (χ1n) is 13.3. The van der Waals surface area contributed by atoms with E-state index < -0.39 is 16.6 Å². The van der Waals surface area contributed by atoms with Gasteiger partial charge in [0.05, 0.1) is 26.4 Å². The van der Waals surface area contributed by atoms with Crippen molar-refractivity contribution in [2.45, 2.75) is 52.4 Å². The summed E-state index contributed by atoms with van der Waals surface area (Å²) in [6.07, 6.45) is 0. The van der Waals surface area contributed by atoms with Crippen molar-refractivity contribution in [3.05, 3.63) is 47.5 Å². The standard InChI is InChI=1S/C28H44N2O4Si2/c1-35(2,3)33-27-23(21-29-13-17-31-18-14-29)9-7-11-25(27)26-12-8-10-24(28(26)34-36(4,5)6)22-30-15-19-32-20-16-30/h7-12H,13-22H2,1-6H3. The van der Waals surface area contributed by atoms with Gasteiger partial charge in [0.1, 0.15) is 11.5 Å². The van der Waals surface area contributed by atoms with Crippen LogP contribution in [0.5, 0.6) is 11.5 Å². The number of hydrogen-bond donors (Lipinski definition) is 0. The van der Waals surface area contributed by atoms with Gasteiger partial charge in [-0.1, -0.05) is 36.4 Å². The van der Waals surface area contributed by atoms with Gasteiger partial charge in [-0.2, -0.15) is 0 Å². The van der Waals surface area contributed by atoms with E-state index >= 15 is 0 Å². The highest BCUT2D eigenvalue weighted by Gasteiger charge is 2.27. The maximum Gasteiger partial charge on any atom is 0.242 e. The molecule has 0 aromatic heterocycles. The van der Waals surface area contributed by atoms with E-state index in [0.717, 1.165) is 88.3 Å². The van der Waals surface area contributed by atoms with Crippen LogP contribution in [0.4, 0.5) is 0 Å². The Hall–Kier alpha value is -1.69. The van der Waals surface area contributed by atoms with Crippen LogP contribution in [-0.4, -0.2) is 79.0 Å². The molecule has 36 heavy (non-hydrogen) atoms. The van der Waals surface area contributed by atoms with Gasteiger partial charge in [0.25, 0.3) is 0 Å². The van der Waals surface area contributed by atoms with Crippen molar-refractivity contribution in [3.8, 4) is 22.6 Å². The molecule has 0 N–H and O–H groups in total. The molecule has 198 valence electrons. The molecule has 0 amide bonds. The van der Waals surface area contributed by atoms with Crippen molar-refractivity contribution in [3.63, 3.8) is 0 Å². The smallest absolute Gasteiger partial charge is 0.242 e. The second-order valence-electron chi connectivity index (χ2n) is 11.8. The zero-order valence-electron chi connectivity index (χ0n) is 23.1. The van der Waals surface area contributed by atoms with Crippen molar-refractivity contribution in [1.82, 2.24) is 9.80 Å². The zero-order chi connectivity index (χ0) is 25.8. The summed E-state index contributed by atoms with van der Waals surface area (Å²) < 4.78 is 24.9. The summed E-state index contributed by atoms with van der Waals surface area (Å²) in [6, 6.07) is 13.2. The van der Waals surface area contributed by atoms with E-state index in [1.165, 1.54) is 11.1 Å². The van der Waals surface area contributed by atoms with E-state index in [4.69, 9.17) is 18.3 Å². The molecular formula is C28H44N2O4Si2. The SMILES string of the molecule is C[Si](C)(C)Oc1c(CN2CCOCC2)cccc1-c1cccc(CN2CCOCC2)c1O[Si](C)(C)C. The zero-order valence-corrected chi connectivity index (χ0v) is 25.1. The molecule has 6 nitrogen and oxygen atoms in total. The van der Waals surface area contributed by atoms with Gasteiger partial charge in [-0.3, -0.25) is 9.80 Å². The molecule has 0 radical (unpaired) electrons. The Morgan fingerprint density at radius 2 is 0.972 bits per heavy atom. The van der Waals surface area contributed by atoms with Gasteiger partial charge in [0.2, 0.25) is 16.6 Å². The van der Waals surface area contributed by atoms with Crippen molar-refractivity contribution in [2.24, 2.45) is 0 Å². The fourth-order valence-electron chi connectivity index (χ4n) is 4.70. The van der Waals surface area contributed by atoms with Crippen molar-refractivity contribution in [1.29, 1.82) is 0 Å². The minimum Gasteiger partial charge on any atom is -0.544 e. The molecule has 0 saturated carbocycles. The lowest BCUT2D eigenvalue weighted by Gasteiger charge is -2.31. The third-order valence-electron chi connectivity index (χ3n) is 6.30. The van der Waals surface area contributed by atoms with Crippen LogP contribution in [0.1, 0.15) is 11.1 Å². The Labute approximate surface area is 219 Å². The molecular weight excluding hydrogens is 484 g/mol. The minimum absolute atomic E-state index is 0.793. The molecule has 2 saturated heterocycles. The lowest BCUT2D eigenvalue weighted by molar-refractivity contribution is 0.0339. The third kappa shape index (κ3) is 7.66. The van der Waals surface area contributed by atoms with E-state index in [2.05, 4.69) is 85.5 Å². The Morgan fingerprint density at radius 3 is 1.31 bits per heavy atom. The van der Waals surface area contributed by atoms with Crippen molar-refractivity contribution < 1.29 is 18.3 Å². The fraction of sp³-hybridized carbons (Fsp3) is 0.571. The van der Waals surface area contributed by atoms with E-state index in [1.807, 2.05) is 0 Å². The molecule has 0 spiro atoms. The Kier molecular flexibility index (Phi) is 8.96. The van der Waals surface area contributed by atoms with E-state index in [1.54, 1.807) is 0 Å². The summed E-state index contributed by atoms with van der Waals surface area (Å²) >= 11 is 0. The molecule has 2 aromatic carbocycles. The summed E-state index contributed by atoms with van der Waals surface area (Å²) in [5.74, 6) is 2.04. The van der Waals surface area contributed by atoms with Gasteiger partial charge < -0.3 is 18.3 Å². The number of nitrogens with zero attached hydrogens (tertiary/aromatic N) is 2. The molecule has 2 aliphatic rings. The summed E-state index contributed by atoms with van der Waals surface area (Å²) in [4.78, 5) is 4.93. The van der Waals surface area contributed by atoms with Crippen LogP contribution in [0.15, 0.2) is 36.4 Å². The molecule has 2 fully saturated rings. The topological polar surface area (TPSA) is 43.4 Å². The maximum absolute atomic E-state index is 6.84. The third-order valence-corrected chi connectivity index (χ3v) is 7.93.